The zero-order chi connectivity index (χ0) is 21.6. The average molecular weight is 422 g/mol. The average Bonchev–Trinajstić information content (AvgIpc) is 3.27. The quantitative estimate of drug-likeness (QED) is 0.759. The topological polar surface area (TPSA) is 73.3 Å². The van der Waals surface area contributed by atoms with Crippen LogP contribution in [0, 0.1) is 22.7 Å². The van der Waals surface area contributed by atoms with Crippen LogP contribution >= 0.6 is 0 Å². The second-order valence-electron chi connectivity index (χ2n) is 9.90. The van der Waals surface area contributed by atoms with Crippen LogP contribution in [0.1, 0.15) is 58.1 Å². The lowest BCUT2D eigenvalue weighted by atomic mass is 9.59. The van der Waals surface area contributed by atoms with E-state index in [0.29, 0.717) is 30.0 Å². The van der Waals surface area contributed by atoms with E-state index in [0.717, 1.165) is 19.4 Å². The highest BCUT2D eigenvalue weighted by Gasteiger charge is 2.68. The highest BCUT2D eigenvalue weighted by atomic mass is 16.5. The van der Waals surface area contributed by atoms with Gasteiger partial charge in [-0.3, -0.25) is 4.79 Å². The Bertz CT molecular complexity index is 946. The molecule has 0 radical (unpaired) electrons. The van der Waals surface area contributed by atoms with Crippen LogP contribution in [-0.4, -0.2) is 28.5 Å². The summed E-state index contributed by atoms with van der Waals surface area (Å²) in [5, 5.41) is 3.42. The van der Waals surface area contributed by atoms with Crippen molar-refractivity contribution in [3.8, 4) is 11.8 Å². The summed E-state index contributed by atoms with van der Waals surface area (Å²) >= 11 is 0. The second-order valence-corrected chi connectivity index (χ2v) is 9.90. The Morgan fingerprint density at radius 1 is 1.23 bits per heavy atom. The van der Waals surface area contributed by atoms with Crippen LogP contribution in [0.2, 0.25) is 0 Å². The molecule has 1 aromatic carbocycles. The maximum Gasteiger partial charge on any atom is 0.321 e. The first-order valence-corrected chi connectivity index (χ1v) is 11.4. The van der Waals surface area contributed by atoms with Crippen molar-refractivity contribution < 1.29 is 14.3 Å². The second kappa shape index (κ2) is 7.59. The van der Waals surface area contributed by atoms with Gasteiger partial charge >= 0.3 is 6.01 Å². The van der Waals surface area contributed by atoms with Crippen LogP contribution < -0.4 is 10.1 Å². The number of carbonyl (C=O) groups is 1. The zero-order valence-corrected chi connectivity index (χ0v) is 18.5. The Balaban J connectivity index is 1.39. The minimum absolute atomic E-state index is 0.0536. The molecule has 6 heteroatoms. The summed E-state index contributed by atoms with van der Waals surface area (Å²) in [5.41, 5.74) is 1.42. The van der Waals surface area contributed by atoms with E-state index >= 15 is 0 Å². The summed E-state index contributed by atoms with van der Waals surface area (Å²) in [5.74, 6) is 1.90. The number of rotatable bonds is 5. The molecule has 1 spiro atoms. The summed E-state index contributed by atoms with van der Waals surface area (Å²) in [7, 11) is 0. The molecule has 5 rings (SSSR count). The van der Waals surface area contributed by atoms with Crippen LogP contribution in [0.25, 0.3) is 0 Å². The largest absolute Gasteiger partial charge is 0.424 e. The standard InChI is InChI=1S/C25H31N3O3/c1-4-20(29)28-22-24(2,3)17-14-19-21(30-13-10-25(19,22)15-17)16-6-8-18(9-7-16)31-23-26-11-5-12-27-23/h5-9,11-12,17,19,21-22H,4,10,13-15H2,1-3H3,(H,28,29)/t17-,19-,21-,22-,25-/m1/s1. The first kappa shape index (κ1) is 20.4. The molecule has 6 nitrogen and oxygen atoms in total. The molecular formula is C25H31N3O3. The van der Waals surface area contributed by atoms with Crippen molar-refractivity contribution in [1.29, 1.82) is 0 Å². The molecule has 2 saturated carbocycles. The molecular weight excluding hydrogens is 390 g/mol. The molecule has 1 saturated heterocycles. The van der Waals surface area contributed by atoms with E-state index in [1.165, 1.54) is 12.0 Å². The van der Waals surface area contributed by atoms with Crippen LogP contribution in [-0.2, 0) is 9.53 Å². The molecule has 2 aliphatic carbocycles. The lowest BCUT2D eigenvalue weighted by Gasteiger charge is -2.53. The van der Waals surface area contributed by atoms with Gasteiger partial charge < -0.3 is 14.8 Å². The van der Waals surface area contributed by atoms with Gasteiger partial charge in [0.15, 0.2) is 0 Å². The third kappa shape index (κ3) is 3.32. The number of hydrogen-bond acceptors (Lipinski definition) is 5. The molecule has 2 aromatic rings. The number of carbonyl (C=O) groups excluding carboxylic acids is 1. The Labute approximate surface area is 183 Å². The summed E-state index contributed by atoms with van der Waals surface area (Å²) in [6.07, 6.45) is 7.28. The number of nitrogens with zero attached hydrogens (tertiary/aromatic N) is 2. The number of nitrogens with one attached hydrogen (secondary N) is 1. The van der Waals surface area contributed by atoms with Crippen LogP contribution in [0.15, 0.2) is 42.7 Å². The van der Waals surface area contributed by atoms with Gasteiger partial charge in [-0.05, 0) is 65.7 Å². The Kier molecular flexibility index (Phi) is 5.00. The SMILES string of the molecule is CCC(=O)N[C@@H]1C(C)(C)[C@@H]2C[C@@H]3[C@@H](c4ccc(Oc5ncccn5)cc4)OCC[C@@]31C2. The van der Waals surface area contributed by atoms with Crippen molar-refractivity contribution >= 4 is 5.91 Å². The zero-order valence-electron chi connectivity index (χ0n) is 18.5. The van der Waals surface area contributed by atoms with Crippen LogP contribution in [0.4, 0.5) is 0 Å². The lowest BCUT2D eigenvalue weighted by molar-refractivity contribution is -0.137. The molecule has 164 valence electrons. The maximum absolute atomic E-state index is 12.4. The predicted octanol–water partition coefficient (Wildman–Crippen LogP) is 4.68. The number of aromatic nitrogens is 2. The summed E-state index contributed by atoms with van der Waals surface area (Å²) < 4.78 is 12.1. The van der Waals surface area contributed by atoms with Gasteiger partial charge in [0.2, 0.25) is 5.91 Å². The summed E-state index contributed by atoms with van der Waals surface area (Å²) in [6, 6.07) is 10.4. The molecule has 3 fully saturated rings. The van der Waals surface area contributed by atoms with Gasteiger partial charge in [0.25, 0.3) is 0 Å². The Morgan fingerprint density at radius 3 is 2.68 bits per heavy atom. The predicted molar refractivity (Wildman–Crippen MR) is 117 cm³/mol. The van der Waals surface area contributed by atoms with Gasteiger partial charge in [-0.1, -0.05) is 32.9 Å². The first-order chi connectivity index (χ1) is 14.9. The molecule has 1 aromatic heterocycles. The smallest absolute Gasteiger partial charge is 0.321 e. The van der Waals surface area contributed by atoms with Gasteiger partial charge in [-0.15, -0.1) is 0 Å². The van der Waals surface area contributed by atoms with Crippen molar-refractivity contribution in [3.63, 3.8) is 0 Å². The molecule has 5 atom stereocenters. The number of benzene rings is 1. The molecule has 2 heterocycles. The normalized spacial score (nSPS) is 33.0. The molecule has 2 bridgehead atoms. The van der Waals surface area contributed by atoms with E-state index in [1.807, 2.05) is 19.1 Å². The van der Waals surface area contributed by atoms with E-state index < -0.39 is 0 Å². The van der Waals surface area contributed by atoms with E-state index in [4.69, 9.17) is 9.47 Å². The van der Waals surface area contributed by atoms with E-state index in [9.17, 15) is 4.79 Å². The fourth-order valence-electron chi connectivity index (χ4n) is 6.55. The van der Waals surface area contributed by atoms with Crippen LogP contribution in [0.3, 0.4) is 0 Å². The van der Waals surface area contributed by atoms with Gasteiger partial charge in [0.1, 0.15) is 5.75 Å². The lowest BCUT2D eigenvalue weighted by Crippen LogP contribution is -2.58. The van der Waals surface area contributed by atoms with Crippen molar-refractivity contribution in [2.45, 2.75) is 58.6 Å². The Hall–Kier alpha value is -2.47. The van der Waals surface area contributed by atoms with E-state index in [1.54, 1.807) is 18.5 Å². The van der Waals surface area contributed by atoms with Gasteiger partial charge in [0.05, 0.1) is 6.10 Å². The molecule has 31 heavy (non-hydrogen) atoms. The van der Waals surface area contributed by atoms with Crippen LogP contribution in [0.5, 0.6) is 11.8 Å². The number of fused-ring (bicyclic) bond motifs is 1. The summed E-state index contributed by atoms with van der Waals surface area (Å²) in [4.78, 5) is 20.6. The number of ether oxygens (including phenoxy) is 2. The molecule has 3 aliphatic rings. The molecule has 1 N–H and O–H groups in total. The van der Waals surface area contributed by atoms with Gasteiger partial charge in [-0.2, -0.15) is 0 Å². The third-order valence-electron chi connectivity index (χ3n) is 8.09. The molecule has 0 unspecified atom stereocenters. The fraction of sp³-hybridized carbons (Fsp3) is 0.560. The van der Waals surface area contributed by atoms with Crippen molar-refractivity contribution in [2.75, 3.05) is 6.61 Å². The Morgan fingerprint density at radius 2 is 1.97 bits per heavy atom. The molecule has 1 amide bonds. The first-order valence-electron chi connectivity index (χ1n) is 11.4. The van der Waals surface area contributed by atoms with Gasteiger partial charge in [-0.25, -0.2) is 9.97 Å². The minimum Gasteiger partial charge on any atom is -0.424 e. The van der Waals surface area contributed by atoms with Gasteiger partial charge in [0, 0.05) is 31.5 Å². The van der Waals surface area contributed by atoms with Crippen molar-refractivity contribution in [3.05, 3.63) is 48.3 Å². The number of amides is 1. The van der Waals surface area contributed by atoms with E-state index in [2.05, 4.69) is 41.3 Å². The highest BCUT2D eigenvalue weighted by molar-refractivity contribution is 5.76. The third-order valence-corrected chi connectivity index (χ3v) is 8.09. The monoisotopic (exact) mass is 421 g/mol. The van der Waals surface area contributed by atoms with Crippen molar-refractivity contribution in [2.24, 2.45) is 22.7 Å². The fourth-order valence-corrected chi connectivity index (χ4v) is 6.55. The van der Waals surface area contributed by atoms with E-state index in [-0.39, 0.29) is 28.9 Å². The maximum atomic E-state index is 12.4. The minimum atomic E-state index is 0.0536. The van der Waals surface area contributed by atoms with Crippen molar-refractivity contribution in [1.82, 2.24) is 15.3 Å². The highest BCUT2D eigenvalue weighted by Crippen LogP contribution is 2.70. The summed E-state index contributed by atoms with van der Waals surface area (Å²) in [6.45, 7) is 7.34. The number of hydrogen-bond donors (Lipinski definition) is 1. The molecule has 1 aliphatic heterocycles.